The van der Waals surface area contributed by atoms with Gasteiger partial charge in [-0.2, -0.15) is 24.5 Å². The molecule has 1 rings (SSSR count). The summed E-state index contributed by atoms with van der Waals surface area (Å²) in [7, 11) is 0. The zero-order valence-corrected chi connectivity index (χ0v) is 7.53. The van der Waals surface area contributed by atoms with Crippen molar-refractivity contribution in [3.8, 4) is 0 Å². The summed E-state index contributed by atoms with van der Waals surface area (Å²) in [6.07, 6.45) is -6.38. The van der Waals surface area contributed by atoms with Crippen molar-refractivity contribution >= 4 is 11.3 Å². The number of halogens is 3. The monoisotopic (exact) mass is 210 g/mol. The molecule has 0 aliphatic carbocycles. The molecule has 1 aromatic rings. The van der Waals surface area contributed by atoms with Gasteiger partial charge < -0.3 is 5.11 Å². The van der Waals surface area contributed by atoms with Gasteiger partial charge in [-0.1, -0.05) is 0 Å². The van der Waals surface area contributed by atoms with Crippen molar-refractivity contribution in [2.24, 2.45) is 0 Å². The van der Waals surface area contributed by atoms with E-state index in [1.807, 2.05) is 0 Å². The molecule has 0 saturated carbocycles. The Morgan fingerprint density at radius 1 is 1.46 bits per heavy atom. The van der Waals surface area contributed by atoms with E-state index in [2.05, 4.69) is 0 Å². The molecule has 13 heavy (non-hydrogen) atoms. The first-order valence-electron chi connectivity index (χ1n) is 3.76. The van der Waals surface area contributed by atoms with E-state index < -0.39 is 18.7 Å². The van der Waals surface area contributed by atoms with Crippen LogP contribution in [0, 0.1) is 0 Å². The second kappa shape index (κ2) is 4.11. The molecule has 0 radical (unpaired) electrons. The highest BCUT2D eigenvalue weighted by Gasteiger charge is 2.28. The van der Waals surface area contributed by atoms with Crippen LogP contribution in [0.2, 0.25) is 0 Å². The Kier molecular flexibility index (Phi) is 3.33. The summed E-state index contributed by atoms with van der Waals surface area (Å²) in [5.41, 5.74) is 0.564. The number of thiophene rings is 1. The fourth-order valence-electron chi connectivity index (χ4n) is 0.932. The Bertz CT molecular complexity index is 242. The second-order valence-corrected chi connectivity index (χ2v) is 3.51. The van der Waals surface area contributed by atoms with Crippen molar-refractivity contribution in [3.05, 3.63) is 22.4 Å². The van der Waals surface area contributed by atoms with Crippen LogP contribution in [0.4, 0.5) is 13.2 Å². The molecule has 1 unspecified atom stereocenters. The smallest absolute Gasteiger partial charge is 0.388 e. The zero-order valence-electron chi connectivity index (χ0n) is 6.71. The Hall–Kier alpha value is -0.550. The van der Waals surface area contributed by atoms with E-state index in [9.17, 15) is 18.3 Å². The van der Waals surface area contributed by atoms with Crippen LogP contribution in [-0.4, -0.2) is 11.3 Å². The molecule has 1 nitrogen and oxygen atoms in total. The minimum Gasteiger partial charge on any atom is -0.388 e. The van der Waals surface area contributed by atoms with Gasteiger partial charge in [-0.05, 0) is 28.8 Å². The van der Waals surface area contributed by atoms with Gasteiger partial charge in [-0.3, -0.25) is 0 Å². The van der Waals surface area contributed by atoms with Crippen LogP contribution in [-0.2, 0) is 0 Å². The third-order valence-corrected chi connectivity index (χ3v) is 2.33. The van der Waals surface area contributed by atoms with Gasteiger partial charge in [-0.15, -0.1) is 0 Å². The summed E-state index contributed by atoms with van der Waals surface area (Å²) in [6, 6.07) is 1.63. The van der Waals surface area contributed by atoms with Crippen molar-refractivity contribution < 1.29 is 18.3 Å². The number of alkyl halides is 3. The first kappa shape index (κ1) is 10.5. The summed E-state index contributed by atoms with van der Waals surface area (Å²) in [5, 5.41) is 12.7. The lowest BCUT2D eigenvalue weighted by molar-refractivity contribution is -0.140. The van der Waals surface area contributed by atoms with Gasteiger partial charge in [0.25, 0.3) is 0 Å². The van der Waals surface area contributed by atoms with Crippen molar-refractivity contribution in [2.75, 3.05) is 0 Å². The maximum absolute atomic E-state index is 11.7. The molecule has 74 valence electrons. The lowest BCUT2D eigenvalue weighted by Crippen LogP contribution is -2.09. The third-order valence-electron chi connectivity index (χ3n) is 1.63. The molecule has 0 aromatic carbocycles. The van der Waals surface area contributed by atoms with E-state index in [4.69, 9.17) is 0 Å². The fourth-order valence-corrected chi connectivity index (χ4v) is 1.64. The zero-order chi connectivity index (χ0) is 9.90. The van der Waals surface area contributed by atoms with Gasteiger partial charge in [0.2, 0.25) is 0 Å². The maximum atomic E-state index is 11.7. The van der Waals surface area contributed by atoms with Gasteiger partial charge in [-0.25, -0.2) is 0 Å². The average Bonchev–Trinajstić information content (AvgIpc) is 2.50. The molecule has 0 saturated heterocycles. The Morgan fingerprint density at radius 2 is 2.15 bits per heavy atom. The molecule has 0 aliphatic rings. The van der Waals surface area contributed by atoms with Gasteiger partial charge in [0.05, 0.1) is 6.10 Å². The van der Waals surface area contributed by atoms with Gasteiger partial charge >= 0.3 is 6.18 Å². The maximum Gasteiger partial charge on any atom is 0.389 e. The molecule has 1 N–H and O–H groups in total. The fraction of sp³-hybridized carbons (Fsp3) is 0.500. The topological polar surface area (TPSA) is 20.2 Å². The van der Waals surface area contributed by atoms with E-state index in [0.717, 1.165) is 0 Å². The molecule has 1 aromatic heterocycles. The highest BCUT2D eigenvalue weighted by molar-refractivity contribution is 7.07. The van der Waals surface area contributed by atoms with Gasteiger partial charge in [0.15, 0.2) is 0 Å². The van der Waals surface area contributed by atoms with Crippen LogP contribution in [0.3, 0.4) is 0 Å². The van der Waals surface area contributed by atoms with Crippen molar-refractivity contribution in [2.45, 2.75) is 25.1 Å². The van der Waals surface area contributed by atoms with Crippen molar-refractivity contribution in [1.82, 2.24) is 0 Å². The van der Waals surface area contributed by atoms with Crippen LogP contribution in [0.1, 0.15) is 24.5 Å². The van der Waals surface area contributed by atoms with E-state index in [1.165, 1.54) is 11.3 Å². The minimum atomic E-state index is -4.18. The summed E-state index contributed by atoms with van der Waals surface area (Å²) < 4.78 is 35.2. The van der Waals surface area contributed by atoms with Crippen LogP contribution in [0.5, 0.6) is 0 Å². The molecule has 0 fully saturated rings. The quantitative estimate of drug-likeness (QED) is 0.812. The number of aliphatic hydroxyl groups excluding tert-OH is 1. The van der Waals surface area contributed by atoms with Crippen molar-refractivity contribution in [1.29, 1.82) is 0 Å². The molecule has 0 aliphatic heterocycles. The summed E-state index contributed by atoms with van der Waals surface area (Å²) >= 11 is 1.36. The summed E-state index contributed by atoms with van der Waals surface area (Å²) in [5.74, 6) is 0. The first-order chi connectivity index (χ1) is 5.99. The second-order valence-electron chi connectivity index (χ2n) is 2.73. The molecule has 0 amide bonds. The van der Waals surface area contributed by atoms with Crippen molar-refractivity contribution in [3.63, 3.8) is 0 Å². The number of rotatable bonds is 3. The Labute approximate surface area is 77.8 Å². The average molecular weight is 210 g/mol. The lowest BCUT2D eigenvalue weighted by Gasteiger charge is -2.10. The van der Waals surface area contributed by atoms with E-state index in [0.29, 0.717) is 5.56 Å². The predicted octanol–water partition coefficient (Wildman–Crippen LogP) is 3.12. The molecule has 1 heterocycles. The number of hydrogen-bond donors (Lipinski definition) is 1. The Morgan fingerprint density at radius 3 is 2.62 bits per heavy atom. The lowest BCUT2D eigenvalue weighted by atomic mass is 10.1. The molecular formula is C8H9F3OS. The van der Waals surface area contributed by atoms with E-state index in [-0.39, 0.29) is 6.42 Å². The normalized spacial score (nSPS) is 14.5. The highest BCUT2D eigenvalue weighted by Crippen LogP contribution is 2.28. The van der Waals surface area contributed by atoms with E-state index >= 15 is 0 Å². The largest absolute Gasteiger partial charge is 0.389 e. The predicted molar refractivity (Wildman–Crippen MR) is 44.6 cm³/mol. The number of hydrogen-bond acceptors (Lipinski definition) is 2. The number of aliphatic hydroxyl groups is 1. The van der Waals surface area contributed by atoms with Gasteiger partial charge in [0, 0.05) is 6.42 Å². The SMILES string of the molecule is OC(CCC(F)(F)F)c1ccsc1. The summed E-state index contributed by atoms with van der Waals surface area (Å²) in [4.78, 5) is 0. The van der Waals surface area contributed by atoms with Crippen LogP contribution in [0.15, 0.2) is 16.8 Å². The van der Waals surface area contributed by atoms with Crippen LogP contribution in [0.25, 0.3) is 0 Å². The molecule has 0 bridgehead atoms. The van der Waals surface area contributed by atoms with E-state index in [1.54, 1.807) is 16.8 Å². The first-order valence-corrected chi connectivity index (χ1v) is 4.70. The summed E-state index contributed by atoms with van der Waals surface area (Å²) in [6.45, 7) is 0. The molecular weight excluding hydrogens is 201 g/mol. The van der Waals surface area contributed by atoms with Crippen LogP contribution >= 0.6 is 11.3 Å². The molecule has 5 heteroatoms. The molecule has 0 spiro atoms. The third kappa shape index (κ3) is 3.78. The van der Waals surface area contributed by atoms with Crippen LogP contribution < -0.4 is 0 Å². The minimum absolute atomic E-state index is 0.264. The highest BCUT2D eigenvalue weighted by atomic mass is 32.1. The Balaban J connectivity index is 2.39. The standard InChI is InChI=1S/C8H9F3OS/c9-8(10,11)3-1-7(12)6-2-4-13-5-6/h2,4-5,7,12H,1,3H2. The van der Waals surface area contributed by atoms with Gasteiger partial charge in [0.1, 0.15) is 0 Å². The molecule has 1 atom stereocenters.